The van der Waals surface area contributed by atoms with E-state index < -0.39 is 27.3 Å². The highest BCUT2D eigenvalue weighted by Gasteiger charge is 2.42. The van der Waals surface area contributed by atoms with Crippen LogP contribution in [0.2, 0.25) is 0 Å². The molecule has 0 saturated carbocycles. The number of hydrogen-bond acceptors (Lipinski definition) is 8. The van der Waals surface area contributed by atoms with Gasteiger partial charge in [0.2, 0.25) is 5.88 Å². The third kappa shape index (κ3) is 4.26. The molecule has 1 unspecified atom stereocenters. The Balaban J connectivity index is 1.58. The van der Waals surface area contributed by atoms with Gasteiger partial charge in [-0.15, -0.1) is 0 Å². The highest BCUT2D eigenvalue weighted by molar-refractivity contribution is 8.26. The van der Waals surface area contributed by atoms with E-state index in [1.807, 2.05) is 19.1 Å². The second-order valence-corrected chi connectivity index (χ2v) is 12.0. The number of thiocarbonyl (C=S) groups is 1. The van der Waals surface area contributed by atoms with E-state index in [1.54, 1.807) is 36.5 Å². The topological polar surface area (TPSA) is 98.1 Å². The molecule has 2 aromatic heterocycles. The van der Waals surface area contributed by atoms with Crippen molar-refractivity contribution in [1.29, 1.82) is 0 Å². The second-order valence-electron chi connectivity index (χ2n) is 8.09. The zero-order chi connectivity index (χ0) is 24.0. The summed E-state index contributed by atoms with van der Waals surface area (Å²) in [6.45, 7) is 1.95. The summed E-state index contributed by atoms with van der Waals surface area (Å²) < 4.78 is 31.4. The normalized spacial score (nSPS) is 21.0. The van der Waals surface area contributed by atoms with Crippen LogP contribution in [0.15, 0.2) is 58.4 Å². The molecule has 0 aliphatic carbocycles. The van der Waals surface area contributed by atoms with E-state index in [1.165, 1.54) is 15.4 Å². The Kier molecular flexibility index (Phi) is 5.78. The lowest BCUT2D eigenvalue weighted by atomic mass is 10.2. The Bertz CT molecular complexity index is 1530. The van der Waals surface area contributed by atoms with Crippen LogP contribution in [0.25, 0.3) is 11.7 Å². The van der Waals surface area contributed by atoms with Crippen molar-refractivity contribution in [3.63, 3.8) is 0 Å². The number of nitrogens with zero attached hydrogens (tertiary/aromatic N) is 3. The minimum absolute atomic E-state index is 0.0260. The molecule has 5 rings (SSSR count). The first kappa shape index (κ1) is 22.8. The number of pyridine rings is 1. The molecule has 8 nitrogen and oxygen atoms in total. The molecule has 34 heavy (non-hydrogen) atoms. The van der Waals surface area contributed by atoms with E-state index >= 15 is 0 Å². The summed E-state index contributed by atoms with van der Waals surface area (Å²) in [4.78, 5) is 32.6. The van der Waals surface area contributed by atoms with Gasteiger partial charge in [0.15, 0.2) is 9.84 Å². The van der Waals surface area contributed by atoms with Crippen LogP contribution in [-0.4, -0.2) is 50.5 Å². The molecule has 0 spiro atoms. The Morgan fingerprint density at radius 1 is 1.18 bits per heavy atom. The summed E-state index contributed by atoms with van der Waals surface area (Å²) in [5.74, 6) is 0.0493. The third-order valence-corrected chi connectivity index (χ3v) is 8.72. The molecule has 1 amide bonds. The predicted octanol–water partition coefficient (Wildman–Crippen LogP) is 3.18. The van der Waals surface area contributed by atoms with Crippen LogP contribution >= 0.6 is 24.0 Å². The maximum absolute atomic E-state index is 13.3. The van der Waals surface area contributed by atoms with Crippen LogP contribution in [0.5, 0.6) is 11.6 Å². The van der Waals surface area contributed by atoms with Gasteiger partial charge in [-0.2, -0.15) is 4.98 Å². The molecule has 0 N–H and O–H groups in total. The SMILES string of the molecule is Cc1ccc(Oc2nc3ccccn3c(=O)c2/C=C2\SC(=S)N(C3CCS(=O)(=O)C3)C2=O)cc1. The van der Waals surface area contributed by atoms with Crippen molar-refractivity contribution in [2.24, 2.45) is 0 Å². The van der Waals surface area contributed by atoms with Crippen LogP contribution in [0.4, 0.5) is 0 Å². The van der Waals surface area contributed by atoms with Crippen LogP contribution < -0.4 is 10.3 Å². The zero-order valence-corrected chi connectivity index (χ0v) is 20.5. The summed E-state index contributed by atoms with van der Waals surface area (Å²) in [5, 5.41) is 0. The first-order chi connectivity index (χ1) is 16.2. The number of aryl methyl sites for hydroxylation is 1. The number of ether oxygens (including phenoxy) is 1. The van der Waals surface area contributed by atoms with Crippen molar-refractivity contribution in [3.05, 3.63) is 75.0 Å². The van der Waals surface area contributed by atoms with Gasteiger partial charge in [0.05, 0.1) is 22.5 Å². The number of fused-ring (bicyclic) bond motifs is 1. The van der Waals surface area contributed by atoms with Gasteiger partial charge in [0.1, 0.15) is 21.3 Å². The van der Waals surface area contributed by atoms with Gasteiger partial charge < -0.3 is 4.74 Å². The summed E-state index contributed by atoms with van der Waals surface area (Å²) in [5.41, 5.74) is 1.15. The molecule has 1 atom stereocenters. The van der Waals surface area contributed by atoms with Crippen molar-refractivity contribution >= 4 is 55.8 Å². The number of sulfone groups is 1. The lowest BCUT2D eigenvalue weighted by Crippen LogP contribution is -2.39. The Morgan fingerprint density at radius 2 is 1.94 bits per heavy atom. The van der Waals surface area contributed by atoms with Crippen LogP contribution in [0.1, 0.15) is 17.5 Å². The molecular weight excluding hydrogens is 494 g/mol. The van der Waals surface area contributed by atoms with Gasteiger partial charge in [0.25, 0.3) is 11.5 Å². The number of thioether (sulfide) groups is 1. The molecular formula is C23H19N3O5S3. The maximum Gasteiger partial charge on any atom is 0.269 e. The summed E-state index contributed by atoms with van der Waals surface area (Å²) >= 11 is 6.42. The summed E-state index contributed by atoms with van der Waals surface area (Å²) in [6, 6.07) is 12.0. The van der Waals surface area contributed by atoms with Gasteiger partial charge in [-0.1, -0.05) is 47.7 Å². The molecule has 2 aliphatic rings. The zero-order valence-electron chi connectivity index (χ0n) is 18.0. The molecule has 174 valence electrons. The van der Waals surface area contributed by atoms with E-state index in [0.29, 0.717) is 17.8 Å². The molecule has 2 fully saturated rings. The quantitative estimate of drug-likeness (QED) is 0.388. The van der Waals surface area contributed by atoms with Gasteiger partial charge in [-0.05, 0) is 43.7 Å². The molecule has 3 aromatic rings. The largest absolute Gasteiger partial charge is 0.438 e. The van der Waals surface area contributed by atoms with E-state index in [-0.39, 0.29) is 32.2 Å². The first-order valence-electron chi connectivity index (χ1n) is 10.5. The van der Waals surface area contributed by atoms with Gasteiger partial charge in [0, 0.05) is 6.20 Å². The number of amides is 1. The smallest absolute Gasteiger partial charge is 0.269 e. The van der Waals surface area contributed by atoms with Crippen LogP contribution in [0, 0.1) is 6.92 Å². The number of carbonyl (C=O) groups excluding carboxylic acids is 1. The number of benzene rings is 1. The van der Waals surface area contributed by atoms with Crippen molar-refractivity contribution in [3.8, 4) is 11.6 Å². The lowest BCUT2D eigenvalue weighted by molar-refractivity contribution is -0.123. The van der Waals surface area contributed by atoms with Gasteiger partial charge in [-0.25, -0.2) is 8.42 Å². The van der Waals surface area contributed by atoms with Crippen LogP contribution in [-0.2, 0) is 14.6 Å². The Labute approximate surface area is 205 Å². The highest BCUT2D eigenvalue weighted by Crippen LogP contribution is 2.37. The Hall–Kier alpha value is -3.02. The highest BCUT2D eigenvalue weighted by atomic mass is 32.2. The third-order valence-electron chi connectivity index (χ3n) is 5.64. The van der Waals surface area contributed by atoms with E-state index in [9.17, 15) is 18.0 Å². The number of rotatable bonds is 4. The predicted molar refractivity (Wildman–Crippen MR) is 135 cm³/mol. The second kappa shape index (κ2) is 8.64. The number of carbonyl (C=O) groups is 1. The molecule has 4 heterocycles. The molecule has 2 aliphatic heterocycles. The van der Waals surface area contributed by atoms with Gasteiger partial charge in [-0.3, -0.25) is 18.9 Å². The van der Waals surface area contributed by atoms with Gasteiger partial charge >= 0.3 is 0 Å². The van der Waals surface area contributed by atoms with E-state index in [2.05, 4.69) is 4.98 Å². The minimum Gasteiger partial charge on any atom is -0.438 e. The minimum atomic E-state index is -3.20. The first-order valence-corrected chi connectivity index (χ1v) is 13.5. The molecule has 11 heteroatoms. The monoisotopic (exact) mass is 513 g/mol. The fourth-order valence-electron chi connectivity index (χ4n) is 3.91. The molecule has 0 bridgehead atoms. The standard InChI is InChI=1S/C23H19N3O5S3/c1-14-5-7-16(8-6-14)31-20-17(21(27)25-10-3-2-4-19(25)24-20)12-18-22(28)26(23(32)33-18)15-9-11-34(29,30)13-15/h2-8,10,12,15H,9,11,13H2,1H3/b18-12-. The van der Waals surface area contributed by atoms with Crippen LogP contribution in [0.3, 0.4) is 0 Å². The fourth-order valence-corrected chi connectivity index (χ4v) is 6.99. The van der Waals surface area contributed by atoms with Crippen molar-refractivity contribution < 1.29 is 17.9 Å². The molecule has 1 aromatic carbocycles. The Morgan fingerprint density at radius 3 is 2.65 bits per heavy atom. The van der Waals surface area contributed by atoms with Crippen molar-refractivity contribution in [2.45, 2.75) is 19.4 Å². The summed E-state index contributed by atoms with van der Waals surface area (Å²) in [7, 11) is -3.20. The fraction of sp³-hybridized carbons (Fsp3) is 0.217. The number of aromatic nitrogens is 2. The molecule has 0 radical (unpaired) electrons. The lowest BCUT2D eigenvalue weighted by Gasteiger charge is -2.20. The summed E-state index contributed by atoms with van der Waals surface area (Å²) in [6.07, 6.45) is 3.36. The van der Waals surface area contributed by atoms with E-state index in [4.69, 9.17) is 17.0 Å². The van der Waals surface area contributed by atoms with E-state index in [0.717, 1.165) is 17.3 Å². The maximum atomic E-state index is 13.3. The average molecular weight is 514 g/mol. The molecule has 2 saturated heterocycles. The van der Waals surface area contributed by atoms with Crippen molar-refractivity contribution in [2.75, 3.05) is 11.5 Å². The number of hydrogen-bond donors (Lipinski definition) is 0. The van der Waals surface area contributed by atoms with Crippen molar-refractivity contribution in [1.82, 2.24) is 14.3 Å². The average Bonchev–Trinajstić information content (AvgIpc) is 3.29.